The number of hydrogen-bond donors (Lipinski definition) is 1. The van der Waals surface area contributed by atoms with Crippen LogP contribution in [-0.4, -0.2) is 54.4 Å². The van der Waals surface area contributed by atoms with Crippen molar-refractivity contribution in [3.8, 4) is 22.8 Å². The van der Waals surface area contributed by atoms with Gasteiger partial charge in [-0.25, -0.2) is 9.31 Å². The van der Waals surface area contributed by atoms with E-state index < -0.39 is 5.60 Å². The van der Waals surface area contributed by atoms with Crippen molar-refractivity contribution in [3.63, 3.8) is 0 Å². The number of fused-ring (bicyclic) bond motifs is 1. The van der Waals surface area contributed by atoms with Gasteiger partial charge in [-0.3, -0.25) is 4.79 Å². The Kier molecular flexibility index (Phi) is 6.36. The Bertz CT molecular complexity index is 1510. The number of aromatic amines is 1. The summed E-state index contributed by atoms with van der Waals surface area (Å²) in [6.07, 6.45) is 2.71. The lowest BCUT2D eigenvalue weighted by Gasteiger charge is -2.33. The van der Waals surface area contributed by atoms with E-state index in [4.69, 9.17) is 9.26 Å². The number of ether oxygens (including phenoxy) is 1. The third kappa shape index (κ3) is 5.20. The van der Waals surface area contributed by atoms with E-state index in [1.165, 1.54) is 5.56 Å². The van der Waals surface area contributed by atoms with Crippen LogP contribution in [0, 0.1) is 0 Å². The molecule has 0 saturated carbocycles. The van der Waals surface area contributed by atoms with Crippen LogP contribution >= 0.6 is 0 Å². The zero-order chi connectivity index (χ0) is 27.2. The zero-order valence-electron chi connectivity index (χ0n) is 22.7. The summed E-state index contributed by atoms with van der Waals surface area (Å²) in [7, 11) is 0. The molecule has 1 aromatic carbocycles. The topological polar surface area (TPSA) is 119 Å². The summed E-state index contributed by atoms with van der Waals surface area (Å²) in [4.78, 5) is 34.3. The van der Waals surface area contributed by atoms with Crippen LogP contribution in [-0.2, 0) is 10.2 Å². The average molecular weight is 519 g/mol. The molecule has 0 atom stereocenters. The fourth-order valence-corrected chi connectivity index (χ4v) is 4.71. The molecule has 0 bridgehead atoms. The second-order valence-corrected chi connectivity index (χ2v) is 11.9. The number of piperidine rings is 1. The number of likely N-dealkylation sites (tertiary alicyclic amines) is 1. The molecule has 0 unspecified atom stereocenters. The van der Waals surface area contributed by atoms with Gasteiger partial charge in [0.2, 0.25) is 5.82 Å². The normalized spacial score (nSPS) is 15.3. The number of benzene rings is 1. The van der Waals surface area contributed by atoms with Crippen molar-refractivity contribution in [1.29, 1.82) is 0 Å². The lowest BCUT2D eigenvalue weighted by molar-refractivity contribution is 0.0203. The van der Waals surface area contributed by atoms with E-state index in [1.54, 1.807) is 21.7 Å². The number of rotatable bonds is 3. The van der Waals surface area contributed by atoms with Crippen LogP contribution < -0.4 is 5.56 Å². The molecule has 0 aliphatic carbocycles. The molecule has 0 radical (unpaired) electrons. The van der Waals surface area contributed by atoms with Gasteiger partial charge in [-0.15, -0.1) is 0 Å². The van der Waals surface area contributed by atoms with Gasteiger partial charge in [0.05, 0.1) is 11.9 Å². The predicted octanol–water partition coefficient (Wildman–Crippen LogP) is 5.15. The van der Waals surface area contributed by atoms with Gasteiger partial charge >= 0.3 is 6.09 Å². The third-order valence-electron chi connectivity index (χ3n) is 6.76. The van der Waals surface area contributed by atoms with Crippen LogP contribution in [0.4, 0.5) is 4.79 Å². The molecule has 0 spiro atoms. The van der Waals surface area contributed by atoms with Crippen LogP contribution in [0.1, 0.15) is 71.6 Å². The molecule has 10 heteroatoms. The van der Waals surface area contributed by atoms with Crippen molar-refractivity contribution in [2.24, 2.45) is 0 Å². The minimum Gasteiger partial charge on any atom is -0.444 e. The van der Waals surface area contributed by atoms with Gasteiger partial charge in [-0.2, -0.15) is 10.1 Å². The van der Waals surface area contributed by atoms with Gasteiger partial charge in [-0.1, -0.05) is 50.2 Å². The molecule has 1 fully saturated rings. The highest BCUT2D eigenvalue weighted by Gasteiger charge is 2.29. The summed E-state index contributed by atoms with van der Waals surface area (Å²) in [5.74, 6) is 0.807. The van der Waals surface area contributed by atoms with Gasteiger partial charge < -0.3 is 19.1 Å². The van der Waals surface area contributed by atoms with E-state index in [2.05, 4.69) is 53.1 Å². The maximum Gasteiger partial charge on any atom is 0.410 e. The summed E-state index contributed by atoms with van der Waals surface area (Å²) in [6.45, 7) is 13.2. The number of carbonyl (C=O) groups excluding carboxylic acids is 1. The minimum atomic E-state index is -0.539. The molecule has 4 heterocycles. The quantitative estimate of drug-likeness (QED) is 0.398. The van der Waals surface area contributed by atoms with Crippen LogP contribution in [0.25, 0.3) is 28.5 Å². The van der Waals surface area contributed by atoms with Gasteiger partial charge in [0.25, 0.3) is 11.4 Å². The molecule has 1 aliphatic heterocycles. The Labute approximate surface area is 221 Å². The van der Waals surface area contributed by atoms with E-state index in [1.807, 2.05) is 32.9 Å². The molecular weight excluding hydrogens is 484 g/mol. The van der Waals surface area contributed by atoms with Crippen LogP contribution in [0.3, 0.4) is 0 Å². The molecule has 10 nitrogen and oxygen atoms in total. The molecule has 5 rings (SSSR count). The highest BCUT2D eigenvalue weighted by Crippen LogP contribution is 2.31. The van der Waals surface area contributed by atoms with Crippen LogP contribution in [0.5, 0.6) is 0 Å². The second kappa shape index (κ2) is 9.41. The lowest BCUT2D eigenvalue weighted by Crippen LogP contribution is -2.41. The van der Waals surface area contributed by atoms with E-state index in [0.717, 1.165) is 11.3 Å². The first-order valence-electron chi connectivity index (χ1n) is 12.9. The largest absolute Gasteiger partial charge is 0.444 e. The molecule has 1 N–H and O–H groups in total. The van der Waals surface area contributed by atoms with E-state index in [9.17, 15) is 9.59 Å². The smallest absolute Gasteiger partial charge is 0.410 e. The van der Waals surface area contributed by atoms with Crippen molar-refractivity contribution < 1.29 is 14.1 Å². The molecule has 1 aliphatic rings. The SMILES string of the molecule is CC(C)(C)OC(=O)N1CCC(c2cc(=O)[nH]c3c(-c4nc(-c5ccc(C(C)(C)C)cc5)no4)cnn23)CC1. The highest BCUT2D eigenvalue weighted by atomic mass is 16.6. The summed E-state index contributed by atoms with van der Waals surface area (Å²) in [6, 6.07) is 9.68. The Morgan fingerprint density at radius 1 is 1.08 bits per heavy atom. The lowest BCUT2D eigenvalue weighted by atomic mass is 9.87. The van der Waals surface area contributed by atoms with Gasteiger partial charge in [-0.05, 0) is 44.6 Å². The molecule has 200 valence electrons. The summed E-state index contributed by atoms with van der Waals surface area (Å²) < 4.78 is 12.8. The summed E-state index contributed by atoms with van der Waals surface area (Å²) in [5.41, 5.74) is 3.18. The number of carbonyl (C=O) groups is 1. The average Bonchev–Trinajstić information content (AvgIpc) is 3.49. The van der Waals surface area contributed by atoms with Crippen molar-refractivity contribution >= 4 is 11.7 Å². The Hall–Kier alpha value is -3.95. The van der Waals surface area contributed by atoms with Gasteiger partial charge in [0.15, 0.2) is 0 Å². The third-order valence-corrected chi connectivity index (χ3v) is 6.76. The first-order chi connectivity index (χ1) is 17.9. The molecule has 1 saturated heterocycles. The Morgan fingerprint density at radius 3 is 2.39 bits per heavy atom. The number of hydrogen-bond acceptors (Lipinski definition) is 7. The molecule has 3 aromatic heterocycles. The fourth-order valence-electron chi connectivity index (χ4n) is 4.71. The van der Waals surface area contributed by atoms with Crippen molar-refractivity contribution in [1.82, 2.24) is 29.6 Å². The Morgan fingerprint density at radius 2 is 1.76 bits per heavy atom. The van der Waals surface area contributed by atoms with Crippen molar-refractivity contribution in [3.05, 3.63) is 58.1 Å². The number of H-pyrrole nitrogens is 1. The molecule has 38 heavy (non-hydrogen) atoms. The van der Waals surface area contributed by atoms with Gasteiger partial charge in [0, 0.05) is 30.6 Å². The predicted molar refractivity (Wildman–Crippen MR) is 143 cm³/mol. The standard InChI is InChI=1S/C28H34N6O4/c1-27(2,3)19-9-7-18(8-10-19)23-31-25(38-32-23)20-16-29-34-21(15-22(35)30-24(20)34)17-11-13-33(14-12-17)26(36)37-28(4,5)6/h7-10,15-17H,11-14H2,1-6H3,(H,30,35). The van der Waals surface area contributed by atoms with Crippen molar-refractivity contribution in [2.75, 3.05) is 13.1 Å². The molecule has 4 aromatic rings. The number of aromatic nitrogens is 5. The zero-order valence-corrected chi connectivity index (χ0v) is 22.7. The number of amides is 1. The molecule has 1 amide bonds. The van der Waals surface area contributed by atoms with Crippen LogP contribution in [0.15, 0.2) is 45.8 Å². The Balaban J connectivity index is 1.38. The number of nitrogens with one attached hydrogen (secondary N) is 1. The summed E-state index contributed by atoms with van der Waals surface area (Å²) >= 11 is 0. The second-order valence-electron chi connectivity index (χ2n) is 11.9. The maximum atomic E-state index is 12.6. The summed E-state index contributed by atoms with van der Waals surface area (Å²) in [5, 5.41) is 8.71. The first-order valence-corrected chi connectivity index (χ1v) is 12.9. The number of nitrogens with zero attached hydrogens (tertiary/aromatic N) is 5. The van der Waals surface area contributed by atoms with E-state index >= 15 is 0 Å². The fraction of sp³-hybridized carbons (Fsp3) is 0.464. The van der Waals surface area contributed by atoms with Gasteiger partial charge in [0.1, 0.15) is 16.8 Å². The molecular formula is C28H34N6O4. The highest BCUT2D eigenvalue weighted by molar-refractivity contribution is 5.72. The first kappa shape index (κ1) is 25.7. The van der Waals surface area contributed by atoms with E-state index in [0.29, 0.717) is 43.0 Å². The van der Waals surface area contributed by atoms with Crippen LogP contribution in [0.2, 0.25) is 0 Å². The maximum absolute atomic E-state index is 12.6. The van der Waals surface area contributed by atoms with Crippen molar-refractivity contribution in [2.45, 2.75) is 71.3 Å². The van der Waals surface area contributed by atoms with E-state index in [-0.39, 0.29) is 28.9 Å². The monoisotopic (exact) mass is 518 g/mol. The minimum absolute atomic E-state index is 0.0496.